The smallest absolute Gasteiger partial charge is 0.306 e. The molecule has 66 heavy (non-hydrogen) atoms. The number of ketones is 2. The quantitative estimate of drug-likeness (QED) is 0.0217. The number of nitrogens with one attached hydrogen (secondary N) is 1. The van der Waals surface area contributed by atoms with E-state index in [0.29, 0.717) is 32.0 Å². The number of unbranched alkanes of at least 4 members (excludes halogenated alkanes) is 18. The molecule has 1 fully saturated rings. The molecule has 1 heterocycles. The molecule has 4 unspecified atom stereocenters. The topological polar surface area (TPSA) is 119 Å². The highest BCUT2D eigenvalue weighted by molar-refractivity contribution is 6.63. The second-order valence-electron chi connectivity index (χ2n) is 20.2. The minimum atomic E-state index is -0.983. The Hall–Kier alpha value is -2.26. The van der Waals surface area contributed by atoms with Gasteiger partial charge in [-0.25, -0.2) is 0 Å². The van der Waals surface area contributed by atoms with Gasteiger partial charge < -0.3 is 24.7 Å². The van der Waals surface area contributed by atoms with Crippen LogP contribution in [-0.2, 0) is 28.7 Å². The highest BCUT2D eigenvalue weighted by Gasteiger charge is 2.30. The number of carbonyl (C=O) groups excluding carboxylic acids is 4. The van der Waals surface area contributed by atoms with E-state index in [1.54, 1.807) is 13.2 Å². The number of rotatable bonds is 34. The van der Waals surface area contributed by atoms with Crippen molar-refractivity contribution in [3.63, 3.8) is 0 Å². The number of amides is 1. The Morgan fingerprint density at radius 3 is 1.89 bits per heavy atom. The molecular formula is C57H108BNO7. The van der Waals surface area contributed by atoms with Crippen molar-refractivity contribution >= 4 is 30.7 Å². The molecule has 0 aliphatic carbocycles. The van der Waals surface area contributed by atoms with Gasteiger partial charge >= 0.3 is 5.97 Å². The zero-order valence-corrected chi connectivity index (χ0v) is 45.0. The zero-order chi connectivity index (χ0) is 49.7. The van der Waals surface area contributed by atoms with E-state index in [2.05, 4.69) is 53.4 Å². The van der Waals surface area contributed by atoms with E-state index in [1.165, 1.54) is 108 Å². The summed E-state index contributed by atoms with van der Waals surface area (Å²) in [7, 11) is 1.78. The molecule has 0 saturated carbocycles. The van der Waals surface area contributed by atoms with Crippen LogP contribution in [0.4, 0.5) is 0 Å². The van der Waals surface area contributed by atoms with Gasteiger partial charge in [0, 0.05) is 32.4 Å². The van der Waals surface area contributed by atoms with Crippen LogP contribution in [0, 0.1) is 11.3 Å². The summed E-state index contributed by atoms with van der Waals surface area (Å²) in [5.74, 6) is -0.0888. The summed E-state index contributed by atoms with van der Waals surface area (Å²) >= 11 is 0. The van der Waals surface area contributed by atoms with Crippen LogP contribution >= 0.6 is 0 Å². The van der Waals surface area contributed by atoms with E-state index in [-0.39, 0.29) is 55.1 Å². The number of aliphatic hydroxyl groups excluding tert-OH is 1. The lowest BCUT2D eigenvalue weighted by Gasteiger charge is -2.30. The predicted octanol–water partition coefficient (Wildman–Crippen LogP) is 15.5. The van der Waals surface area contributed by atoms with E-state index in [9.17, 15) is 24.3 Å². The predicted molar refractivity (Wildman–Crippen MR) is 283 cm³/mol. The first-order valence-electron chi connectivity index (χ1n) is 27.8. The SMILES string of the molecule is C=C1CC(CCC(=O)CCC(=O)OCC(NC=O)C(O)/C=C/CCCCCCCCCCCCC)CCC(=O)CB(CCCC)C(OC)CCCC(C)(C)C1.CC.CCCCCCCCC. The van der Waals surface area contributed by atoms with Crippen molar-refractivity contribution in [3.05, 3.63) is 24.3 Å². The van der Waals surface area contributed by atoms with Crippen LogP contribution in [0.15, 0.2) is 24.3 Å². The van der Waals surface area contributed by atoms with Crippen LogP contribution in [0.25, 0.3) is 0 Å². The monoisotopic (exact) mass is 930 g/mol. The number of Topliss-reactive ketones (excluding diaryl/α,β-unsaturated/α-hetero) is 2. The van der Waals surface area contributed by atoms with Crippen LogP contribution < -0.4 is 5.32 Å². The van der Waals surface area contributed by atoms with Crippen molar-refractivity contribution in [2.24, 2.45) is 11.3 Å². The van der Waals surface area contributed by atoms with Crippen molar-refractivity contribution in [2.45, 2.75) is 292 Å². The van der Waals surface area contributed by atoms with Crippen molar-refractivity contribution in [3.8, 4) is 0 Å². The van der Waals surface area contributed by atoms with E-state index in [0.717, 1.165) is 76.9 Å². The van der Waals surface area contributed by atoms with Crippen LogP contribution in [-0.4, -0.2) is 67.6 Å². The minimum Gasteiger partial charge on any atom is -0.463 e. The maximum absolute atomic E-state index is 13.2. The Morgan fingerprint density at radius 1 is 0.818 bits per heavy atom. The number of hydrogen-bond acceptors (Lipinski definition) is 7. The minimum absolute atomic E-state index is 0.0101. The fourth-order valence-corrected chi connectivity index (χ4v) is 9.21. The molecule has 386 valence electrons. The molecule has 1 rings (SSSR count). The van der Waals surface area contributed by atoms with Crippen LogP contribution in [0.3, 0.4) is 0 Å². The van der Waals surface area contributed by atoms with Crippen molar-refractivity contribution in [1.82, 2.24) is 5.32 Å². The van der Waals surface area contributed by atoms with Crippen LogP contribution in [0.2, 0.25) is 12.6 Å². The first-order valence-corrected chi connectivity index (χ1v) is 27.8. The van der Waals surface area contributed by atoms with E-state index in [1.807, 2.05) is 19.9 Å². The summed E-state index contributed by atoms with van der Waals surface area (Å²) in [6.07, 6.45) is 38.8. The van der Waals surface area contributed by atoms with Gasteiger partial charge in [-0.1, -0.05) is 214 Å². The number of allylic oxidation sites excluding steroid dienone is 2. The molecule has 9 heteroatoms. The fourth-order valence-electron chi connectivity index (χ4n) is 9.21. The number of carbonyl (C=O) groups is 4. The van der Waals surface area contributed by atoms with Crippen LogP contribution in [0.1, 0.15) is 261 Å². The Bertz CT molecular complexity index is 1200. The van der Waals surface area contributed by atoms with Gasteiger partial charge in [0.1, 0.15) is 18.2 Å². The lowest BCUT2D eigenvalue weighted by molar-refractivity contribution is -0.146. The molecule has 0 aromatic carbocycles. The molecule has 0 aromatic rings. The molecule has 4 atom stereocenters. The molecule has 8 nitrogen and oxygen atoms in total. The van der Waals surface area contributed by atoms with Gasteiger partial charge in [-0.3, -0.25) is 14.4 Å². The molecule has 0 spiro atoms. The van der Waals surface area contributed by atoms with E-state index >= 15 is 0 Å². The molecule has 1 amide bonds. The average molecular weight is 930 g/mol. The Morgan fingerprint density at radius 2 is 1.36 bits per heavy atom. The lowest BCUT2D eigenvalue weighted by atomic mass is 9.39. The van der Waals surface area contributed by atoms with Gasteiger partial charge in [-0.05, 0) is 69.0 Å². The van der Waals surface area contributed by atoms with Gasteiger partial charge in [0.05, 0.1) is 18.6 Å². The summed E-state index contributed by atoms with van der Waals surface area (Å²) in [5, 5.41) is 13.2. The Kier molecular flexibility index (Phi) is 46.4. The molecule has 1 aliphatic heterocycles. The van der Waals surface area contributed by atoms with Crippen molar-refractivity contribution in [2.75, 3.05) is 13.7 Å². The summed E-state index contributed by atoms with van der Waals surface area (Å²) in [6, 6.07) is -0.663. The van der Waals surface area contributed by atoms with Crippen molar-refractivity contribution in [1.29, 1.82) is 0 Å². The van der Waals surface area contributed by atoms with Gasteiger partial charge in [0.15, 0.2) is 6.71 Å². The number of ether oxygens (including phenoxy) is 2. The maximum atomic E-state index is 13.2. The lowest BCUT2D eigenvalue weighted by Crippen LogP contribution is -2.42. The summed E-state index contributed by atoms with van der Waals surface area (Å²) < 4.78 is 11.3. The standard InChI is InChI=1S/C46H82BNO7.C9H20.C2H6/c1-7-9-11-12-13-14-15-16-17-18-19-20-21-23-43(52)42(48-37-49)36-55-45(53)30-29-40(50)27-25-39-26-28-41(51)35-47(32-10-8-2)44(54-6)24-22-31-46(4,5)34-38(3)33-39;1-3-5-7-9-8-6-4-2;1-2/h21,23,37,39,42-44,52H,3,7-20,22,24-36H2,1-2,4-6H3,(H,48,49);3-9H2,1-2H3;1-2H3/b23-21+;;. The second-order valence-corrected chi connectivity index (χ2v) is 20.2. The third-order valence-electron chi connectivity index (χ3n) is 13.3. The normalized spacial score (nSPS) is 18.0. The molecule has 2 N–H and O–H groups in total. The summed E-state index contributed by atoms with van der Waals surface area (Å²) in [5.41, 5.74) is 1.29. The summed E-state index contributed by atoms with van der Waals surface area (Å²) in [4.78, 5) is 49.9. The fraction of sp³-hybridized carbons (Fsp3) is 0.860. The molecule has 1 aliphatic rings. The zero-order valence-electron chi connectivity index (χ0n) is 45.0. The van der Waals surface area contributed by atoms with E-state index in [4.69, 9.17) is 9.47 Å². The largest absolute Gasteiger partial charge is 0.463 e. The van der Waals surface area contributed by atoms with Gasteiger partial charge in [-0.2, -0.15) is 0 Å². The van der Waals surface area contributed by atoms with Gasteiger partial charge in [0.2, 0.25) is 6.41 Å². The summed E-state index contributed by atoms with van der Waals surface area (Å²) in [6.45, 7) is 22.1. The van der Waals surface area contributed by atoms with Gasteiger partial charge in [0.25, 0.3) is 0 Å². The number of esters is 1. The molecule has 0 bridgehead atoms. The molecule has 0 radical (unpaired) electrons. The number of aliphatic hydroxyl groups is 1. The second kappa shape index (κ2) is 46.5. The molecule has 1 saturated heterocycles. The highest BCUT2D eigenvalue weighted by atomic mass is 16.5. The van der Waals surface area contributed by atoms with Crippen molar-refractivity contribution < 1.29 is 33.8 Å². The van der Waals surface area contributed by atoms with E-state index < -0.39 is 18.1 Å². The van der Waals surface area contributed by atoms with Crippen LogP contribution in [0.5, 0.6) is 0 Å². The maximum Gasteiger partial charge on any atom is 0.306 e. The Labute approximate surface area is 409 Å². The van der Waals surface area contributed by atoms with Gasteiger partial charge in [-0.15, -0.1) is 0 Å². The number of hydrogen-bond donors (Lipinski definition) is 2. The number of methoxy groups -OCH3 is 1. The first kappa shape index (κ1) is 65.8. The molecular weight excluding hydrogens is 821 g/mol. The molecule has 0 aromatic heterocycles. The third-order valence-corrected chi connectivity index (χ3v) is 13.3. The highest BCUT2D eigenvalue weighted by Crippen LogP contribution is 2.35. The Balaban J connectivity index is 0. The average Bonchev–Trinajstić information content (AvgIpc) is 3.30. The first-order chi connectivity index (χ1) is 31.9. The third kappa shape index (κ3) is 39.7.